The monoisotopic (exact) mass is 286 g/mol. The van der Waals surface area contributed by atoms with Crippen molar-refractivity contribution >= 4 is 22.3 Å². The third-order valence-corrected chi connectivity index (χ3v) is 4.37. The molecular weight excluding hydrogens is 268 g/mol. The van der Waals surface area contributed by atoms with Gasteiger partial charge in [0.2, 0.25) is 0 Å². The molecule has 2 aromatic heterocycles. The second-order valence-electron chi connectivity index (χ2n) is 4.93. The van der Waals surface area contributed by atoms with Gasteiger partial charge in [0.15, 0.2) is 0 Å². The number of hydrogen-bond donors (Lipinski definition) is 1. The van der Waals surface area contributed by atoms with E-state index >= 15 is 0 Å². The van der Waals surface area contributed by atoms with Crippen LogP contribution in [0.25, 0.3) is 11.0 Å². The summed E-state index contributed by atoms with van der Waals surface area (Å²) in [7, 11) is 2.09. The first-order valence-corrected chi connectivity index (χ1v) is 7.57. The van der Waals surface area contributed by atoms with Gasteiger partial charge in [0.1, 0.15) is 11.3 Å². The predicted molar refractivity (Wildman–Crippen MR) is 83.8 cm³/mol. The van der Waals surface area contributed by atoms with Crippen LogP contribution in [-0.4, -0.2) is 18.5 Å². The van der Waals surface area contributed by atoms with E-state index < -0.39 is 0 Å². The zero-order valence-corrected chi connectivity index (χ0v) is 12.3. The second kappa shape index (κ2) is 5.79. The normalized spacial score (nSPS) is 13.2. The Labute approximate surface area is 122 Å². The zero-order valence-electron chi connectivity index (χ0n) is 11.5. The van der Waals surface area contributed by atoms with Gasteiger partial charge in [-0.1, -0.05) is 24.3 Å². The lowest BCUT2D eigenvalue weighted by Crippen LogP contribution is -2.29. The predicted octanol–water partition coefficient (Wildman–Crippen LogP) is 3.63. The standard InChI is InChI=1S/C16H18N2OS/c1-18(11-13-6-4-8-20-13)14(10-17)16-9-12-5-2-3-7-15(12)19-16/h2-9,14H,10-11,17H2,1H3. The molecule has 1 atom stereocenters. The Balaban J connectivity index is 1.84. The molecule has 0 aliphatic rings. The van der Waals surface area contributed by atoms with E-state index in [9.17, 15) is 0 Å². The van der Waals surface area contributed by atoms with E-state index in [0.717, 1.165) is 23.3 Å². The van der Waals surface area contributed by atoms with Gasteiger partial charge in [-0.3, -0.25) is 4.90 Å². The lowest BCUT2D eigenvalue weighted by Gasteiger charge is -2.24. The number of thiophene rings is 1. The number of likely N-dealkylation sites (N-methyl/N-ethyl adjacent to an activating group) is 1. The highest BCUT2D eigenvalue weighted by Gasteiger charge is 2.20. The number of hydrogen-bond acceptors (Lipinski definition) is 4. The summed E-state index contributed by atoms with van der Waals surface area (Å²) in [6.07, 6.45) is 0. The molecular formula is C16H18N2OS. The van der Waals surface area contributed by atoms with Gasteiger partial charge in [-0.25, -0.2) is 0 Å². The molecule has 1 unspecified atom stereocenters. The van der Waals surface area contributed by atoms with Crippen molar-refractivity contribution in [2.24, 2.45) is 5.73 Å². The van der Waals surface area contributed by atoms with Crippen LogP contribution in [0.3, 0.4) is 0 Å². The van der Waals surface area contributed by atoms with E-state index in [-0.39, 0.29) is 6.04 Å². The average molecular weight is 286 g/mol. The van der Waals surface area contributed by atoms with Gasteiger partial charge in [-0.15, -0.1) is 11.3 Å². The highest BCUT2D eigenvalue weighted by Crippen LogP contribution is 2.27. The molecule has 0 saturated carbocycles. The summed E-state index contributed by atoms with van der Waals surface area (Å²) in [5, 5.41) is 3.23. The Morgan fingerprint density at radius 1 is 1.25 bits per heavy atom. The van der Waals surface area contributed by atoms with Crippen molar-refractivity contribution in [3.63, 3.8) is 0 Å². The molecule has 0 saturated heterocycles. The van der Waals surface area contributed by atoms with Crippen molar-refractivity contribution in [3.8, 4) is 0 Å². The van der Waals surface area contributed by atoms with E-state index in [0.29, 0.717) is 6.54 Å². The van der Waals surface area contributed by atoms with Gasteiger partial charge in [0.25, 0.3) is 0 Å². The van der Waals surface area contributed by atoms with Crippen LogP contribution in [0.2, 0.25) is 0 Å². The molecule has 104 valence electrons. The molecule has 0 amide bonds. The molecule has 1 aromatic carbocycles. The minimum Gasteiger partial charge on any atom is -0.459 e. The van der Waals surface area contributed by atoms with Crippen molar-refractivity contribution in [3.05, 3.63) is 58.5 Å². The first kappa shape index (κ1) is 13.4. The number of nitrogens with two attached hydrogens (primary N) is 1. The van der Waals surface area contributed by atoms with Crippen molar-refractivity contribution in [2.75, 3.05) is 13.6 Å². The molecule has 0 fully saturated rings. The summed E-state index contributed by atoms with van der Waals surface area (Å²) in [4.78, 5) is 3.57. The molecule has 20 heavy (non-hydrogen) atoms. The fraction of sp³-hybridized carbons (Fsp3) is 0.250. The summed E-state index contributed by atoms with van der Waals surface area (Å²) < 4.78 is 5.94. The third kappa shape index (κ3) is 2.63. The number of rotatable bonds is 5. The van der Waals surface area contributed by atoms with E-state index in [1.807, 2.05) is 18.2 Å². The number of fused-ring (bicyclic) bond motifs is 1. The Morgan fingerprint density at radius 3 is 2.80 bits per heavy atom. The molecule has 2 heterocycles. The Morgan fingerprint density at radius 2 is 2.10 bits per heavy atom. The smallest absolute Gasteiger partial charge is 0.134 e. The van der Waals surface area contributed by atoms with Crippen molar-refractivity contribution in [1.82, 2.24) is 4.90 Å². The van der Waals surface area contributed by atoms with Crippen LogP contribution in [0.4, 0.5) is 0 Å². The van der Waals surface area contributed by atoms with Crippen molar-refractivity contribution < 1.29 is 4.42 Å². The van der Waals surface area contributed by atoms with Gasteiger partial charge in [-0.05, 0) is 30.6 Å². The number of benzene rings is 1. The summed E-state index contributed by atoms with van der Waals surface area (Å²) in [5.41, 5.74) is 6.88. The fourth-order valence-electron chi connectivity index (χ4n) is 2.44. The fourth-order valence-corrected chi connectivity index (χ4v) is 3.21. The third-order valence-electron chi connectivity index (χ3n) is 3.51. The largest absolute Gasteiger partial charge is 0.459 e. The highest BCUT2D eigenvalue weighted by molar-refractivity contribution is 7.09. The Bertz CT molecular complexity index is 642. The molecule has 0 radical (unpaired) electrons. The van der Waals surface area contributed by atoms with Crippen LogP contribution in [0.5, 0.6) is 0 Å². The molecule has 0 bridgehead atoms. The average Bonchev–Trinajstić information content (AvgIpc) is 3.08. The summed E-state index contributed by atoms with van der Waals surface area (Å²) in [6, 6.07) is 14.5. The van der Waals surface area contributed by atoms with E-state index in [4.69, 9.17) is 10.2 Å². The maximum atomic E-state index is 5.96. The van der Waals surface area contributed by atoms with Crippen LogP contribution < -0.4 is 5.73 Å². The van der Waals surface area contributed by atoms with Crippen LogP contribution in [-0.2, 0) is 6.54 Å². The van der Waals surface area contributed by atoms with Gasteiger partial charge >= 0.3 is 0 Å². The lowest BCUT2D eigenvalue weighted by molar-refractivity contribution is 0.217. The topological polar surface area (TPSA) is 42.4 Å². The summed E-state index contributed by atoms with van der Waals surface area (Å²) in [5.74, 6) is 0.938. The van der Waals surface area contributed by atoms with Crippen molar-refractivity contribution in [1.29, 1.82) is 0 Å². The zero-order chi connectivity index (χ0) is 13.9. The highest BCUT2D eigenvalue weighted by atomic mass is 32.1. The minimum atomic E-state index is 0.101. The molecule has 0 spiro atoms. The van der Waals surface area contributed by atoms with Gasteiger partial charge in [0, 0.05) is 23.4 Å². The minimum absolute atomic E-state index is 0.101. The molecule has 3 aromatic rings. The Hall–Kier alpha value is -1.62. The van der Waals surface area contributed by atoms with Gasteiger partial charge in [0.05, 0.1) is 6.04 Å². The van der Waals surface area contributed by atoms with E-state index in [1.165, 1.54) is 4.88 Å². The SMILES string of the molecule is CN(Cc1cccs1)C(CN)c1cc2ccccc2o1. The van der Waals surface area contributed by atoms with Crippen molar-refractivity contribution in [2.45, 2.75) is 12.6 Å². The molecule has 0 aliphatic carbocycles. The molecule has 3 rings (SSSR count). The lowest BCUT2D eigenvalue weighted by atomic mass is 10.1. The summed E-state index contributed by atoms with van der Waals surface area (Å²) in [6.45, 7) is 1.43. The van der Waals surface area contributed by atoms with E-state index in [1.54, 1.807) is 11.3 Å². The van der Waals surface area contributed by atoms with Gasteiger partial charge < -0.3 is 10.2 Å². The van der Waals surface area contributed by atoms with E-state index in [2.05, 4.69) is 41.6 Å². The number of furan rings is 1. The summed E-state index contributed by atoms with van der Waals surface area (Å²) >= 11 is 1.77. The maximum Gasteiger partial charge on any atom is 0.134 e. The van der Waals surface area contributed by atoms with Crippen LogP contribution in [0.1, 0.15) is 16.7 Å². The van der Waals surface area contributed by atoms with Gasteiger partial charge in [-0.2, -0.15) is 0 Å². The van der Waals surface area contributed by atoms with Crippen LogP contribution >= 0.6 is 11.3 Å². The number of para-hydroxylation sites is 1. The molecule has 3 nitrogen and oxygen atoms in total. The molecule has 4 heteroatoms. The first-order chi connectivity index (χ1) is 9.78. The second-order valence-corrected chi connectivity index (χ2v) is 5.96. The first-order valence-electron chi connectivity index (χ1n) is 6.69. The van der Waals surface area contributed by atoms with Crippen LogP contribution in [0.15, 0.2) is 52.3 Å². The van der Waals surface area contributed by atoms with Crippen LogP contribution in [0, 0.1) is 0 Å². The number of nitrogens with zero attached hydrogens (tertiary/aromatic N) is 1. The quantitative estimate of drug-likeness (QED) is 0.779. The maximum absolute atomic E-state index is 5.96. The Kier molecular flexibility index (Phi) is 3.87. The molecule has 0 aliphatic heterocycles. The molecule has 2 N–H and O–H groups in total.